The lowest BCUT2D eigenvalue weighted by molar-refractivity contribution is -0.121. The minimum Gasteiger partial charge on any atom is -0.494 e. The van der Waals surface area contributed by atoms with Gasteiger partial charge >= 0.3 is 0 Å². The predicted octanol–water partition coefficient (Wildman–Crippen LogP) is 3.41. The smallest absolute Gasteiger partial charge is 0.220 e. The number of benzene rings is 1. The molecule has 1 aromatic rings. The van der Waals surface area contributed by atoms with Gasteiger partial charge < -0.3 is 14.8 Å². The van der Waals surface area contributed by atoms with Crippen molar-refractivity contribution >= 4 is 17.5 Å². The van der Waals surface area contributed by atoms with Crippen LogP contribution in [0.5, 0.6) is 5.75 Å². The first-order valence-electron chi connectivity index (χ1n) is 7.84. The lowest BCUT2D eigenvalue weighted by atomic mass is 10.1. The molecule has 0 radical (unpaired) electrons. The summed E-state index contributed by atoms with van der Waals surface area (Å²) in [6.45, 7) is 5.87. The average Bonchev–Trinajstić information content (AvgIpc) is 3.00. The Balaban J connectivity index is 1.63. The summed E-state index contributed by atoms with van der Waals surface area (Å²) in [6, 6.07) is 3.85. The van der Waals surface area contributed by atoms with E-state index in [1.807, 2.05) is 26.0 Å². The minimum atomic E-state index is 0.0579. The minimum absolute atomic E-state index is 0.0579. The largest absolute Gasteiger partial charge is 0.494 e. The van der Waals surface area contributed by atoms with Crippen LogP contribution < -0.4 is 10.1 Å². The van der Waals surface area contributed by atoms with Gasteiger partial charge in [-0.3, -0.25) is 4.79 Å². The van der Waals surface area contributed by atoms with Crippen LogP contribution in [0.1, 0.15) is 36.8 Å². The molecule has 1 fully saturated rings. The quantitative estimate of drug-likeness (QED) is 0.781. The maximum absolute atomic E-state index is 11.7. The molecule has 2 rings (SSSR count). The summed E-state index contributed by atoms with van der Waals surface area (Å²) in [6.07, 6.45) is 3.49. The monoisotopic (exact) mass is 325 g/mol. The molecule has 4 nitrogen and oxygen atoms in total. The molecule has 0 saturated carbocycles. The molecule has 122 valence electrons. The molecule has 1 aromatic carbocycles. The lowest BCUT2D eigenvalue weighted by Crippen LogP contribution is -2.31. The Morgan fingerprint density at radius 2 is 2.14 bits per heavy atom. The molecule has 0 spiro atoms. The molecule has 22 heavy (non-hydrogen) atoms. The molecule has 1 aliphatic heterocycles. The highest BCUT2D eigenvalue weighted by Gasteiger charge is 2.15. The van der Waals surface area contributed by atoms with Gasteiger partial charge in [-0.25, -0.2) is 0 Å². The first-order chi connectivity index (χ1) is 10.6. The SMILES string of the molecule is Cc1cc(OCCCC(=O)NCC2CCCO2)cc(C)c1Cl. The number of ether oxygens (including phenoxy) is 2. The Morgan fingerprint density at radius 3 is 2.77 bits per heavy atom. The first-order valence-corrected chi connectivity index (χ1v) is 8.22. The fourth-order valence-corrected chi connectivity index (χ4v) is 2.64. The number of hydrogen-bond acceptors (Lipinski definition) is 3. The summed E-state index contributed by atoms with van der Waals surface area (Å²) in [5, 5.41) is 3.69. The van der Waals surface area contributed by atoms with Crippen LogP contribution in [0.2, 0.25) is 5.02 Å². The van der Waals surface area contributed by atoms with Gasteiger partial charge in [-0.2, -0.15) is 0 Å². The van der Waals surface area contributed by atoms with Gasteiger partial charge in [0.1, 0.15) is 5.75 Å². The highest BCUT2D eigenvalue weighted by molar-refractivity contribution is 6.32. The van der Waals surface area contributed by atoms with Gasteiger partial charge in [0.05, 0.1) is 12.7 Å². The van der Waals surface area contributed by atoms with E-state index in [2.05, 4.69) is 5.32 Å². The van der Waals surface area contributed by atoms with Crippen LogP contribution in [0.15, 0.2) is 12.1 Å². The van der Waals surface area contributed by atoms with Crippen LogP contribution in [0.25, 0.3) is 0 Å². The van der Waals surface area contributed by atoms with Crippen molar-refractivity contribution in [1.82, 2.24) is 5.32 Å². The molecular formula is C17H24ClNO3. The Morgan fingerprint density at radius 1 is 1.41 bits per heavy atom. The summed E-state index contributed by atoms with van der Waals surface area (Å²) in [4.78, 5) is 11.7. The Hall–Kier alpha value is -1.26. The second kappa shape index (κ2) is 8.39. The predicted molar refractivity (Wildman–Crippen MR) is 87.6 cm³/mol. The topological polar surface area (TPSA) is 47.6 Å². The molecule has 1 heterocycles. The van der Waals surface area contributed by atoms with Crippen LogP contribution >= 0.6 is 11.6 Å². The van der Waals surface area contributed by atoms with Gasteiger partial charge in [0.2, 0.25) is 5.91 Å². The van der Waals surface area contributed by atoms with Gasteiger partial charge in [0.25, 0.3) is 0 Å². The van der Waals surface area contributed by atoms with Crippen LogP contribution in [0, 0.1) is 13.8 Å². The number of carbonyl (C=O) groups excluding carboxylic acids is 1. The molecule has 0 aliphatic carbocycles. The number of hydrogen-bond donors (Lipinski definition) is 1. The number of amides is 1. The van der Waals surface area contributed by atoms with Gasteiger partial charge in [0, 0.05) is 24.6 Å². The van der Waals surface area contributed by atoms with Gasteiger partial charge in [-0.1, -0.05) is 11.6 Å². The molecule has 1 N–H and O–H groups in total. The van der Waals surface area contributed by atoms with E-state index in [0.717, 1.165) is 41.3 Å². The fraction of sp³-hybridized carbons (Fsp3) is 0.588. The third-order valence-corrected chi connectivity index (χ3v) is 4.37. The van der Waals surface area contributed by atoms with E-state index < -0.39 is 0 Å². The average molecular weight is 326 g/mol. The summed E-state index contributed by atoms with van der Waals surface area (Å²) < 4.78 is 11.2. The maximum atomic E-state index is 11.7. The highest BCUT2D eigenvalue weighted by Crippen LogP contribution is 2.25. The van der Waals surface area contributed by atoms with Crippen LogP contribution in [-0.4, -0.2) is 31.8 Å². The molecule has 1 amide bonds. The molecule has 0 aromatic heterocycles. The normalized spacial score (nSPS) is 17.5. The summed E-state index contributed by atoms with van der Waals surface area (Å²) in [5.41, 5.74) is 2.01. The maximum Gasteiger partial charge on any atom is 0.220 e. The standard InChI is InChI=1S/C17H24ClNO3/c1-12-9-15(10-13(2)17(12)18)22-8-4-6-16(20)19-11-14-5-3-7-21-14/h9-10,14H,3-8,11H2,1-2H3,(H,19,20). The van der Waals surface area contributed by atoms with E-state index in [1.165, 1.54) is 0 Å². The number of carbonyl (C=O) groups is 1. The Kier molecular flexibility index (Phi) is 6.52. The molecule has 1 atom stereocenters. The van der Waals surface area contributed by atoms with Crippen molar-refractivity contribution < 1.29 is 14.3 Å². The van der Waals surface area contributed by atoms with Crippen LogP contribution in [0.3, 0.4) is 0 Å². The van der Waals surface area contributed by atoms with Crippen molar-refractivity contribution in [2.24, 2.45) is 0 Å². The zero-order chi connectivity index (χ0) is 15.9. The fourth-order valence-electron chi connectivity index (χ4n) is 2.53. The summed E-state index contributed by atoms with van der Waals surface area (Å²) in [5.74, 6) is 0.863. The van der Waals surface area contributed by atoms with Gasteiger partial charge in [-0.15, -0.1) is 0 Å². The van der Waals surface area contributed by atoms with Crippen molar-refractivity contribution in [3.05, 3.63) is 28.3 Å². The number of rotatable bonds is 7. The van der Waals surface area contributed by atoms with E-state index in [4.69, 9.17) is 21.1 Å². The van der Waals surface area contributed by atoms with Gasteiger partial charge in [-0.05, 0) is 56.4 Å². The molecular weight excluding hydrogens is 302 g/mol. The molecule has 0 bridgehead atoms. The van der Waals surface area contributed by atoms with E-state index in [-0.39, 0.29) is 12.0 Å². The molecule has 1 aliphatic rings. The van der Waals surface area contributed by atoms with E-state index in [1.54, 1.807) is 0 Å². The van der Waals surface area contributed by atoms with E-state index >= 15 is 0 Å². The third-order valence-electron chi connectivity index (χ3n) is 3.78. The van der Waals surface area contributed by atoms with Crippen LogP contribution in [0.4, 0.5) is 0 Å². The molecule has 5 heteroatoms. The second-order valence-corrected chi connectivity index (χ2v) is 6.14. The van der Waals surface area contributed by atoms with Crippen molar-refractivity contribution in [3.63, 3.8) is 0 Å². The van der Waals surface area contributed by atoms with Crippen molar-refractivity contribution in [2.75, 3.05) is 19.8 Å². The number of halogens is 1. The third kappa shape index (κ3) is 5.18. The molecule has 1 unspecified atom stereocenters. The lowest BCUT2D eigenvalue weighted by Gasteiger charge is -2.11. The highest BCUT2D eigenvalue weighted by atomic mass is 35.5. The summed E-state index contributed by atoms with van der Waals surface area (Å²) in [7, 11) is 0. The van der Waals surface area contributed by atoms with Crippen molar-refractivity contribution in [3.8, 4) is 5.75 Å². The zero-order valence-electron chi connectivity index (χ0n) is 13.3. The number of nitrogens with one attached hydrogen (secondary N) is 1. The van der Waals surface area contributed by atoms with Crippen molar-refractivity contribution in [1.29, 1.82) is 0 Å². The van der Waals surface area contributed by atoms with Crippen molar-refractivity contribution in [2.45, 2.75) is 45.6 Å². The van der Waals surface area contributed by atoms with E-state index in [9.17, 15) is 4.79 Å². The van der Waals surface area contributed by atoms with Gasteiger partial charge in [0.15, 0.2) is 0 Å². The number of aryl methyl sites for hydroxylation is 2. The second-order valence-electron chi connectivity index (χ2n) is 5.76. The zero-order valence-corrected chi connectivity index (χ0v) is 14.0. The first kappa shape index (κ1) is 17.1. The summed E-state index contributed by atoms with van der Waals surface area (Å²) >= 11 is 6.12. The van der Waals surface area contributed by atoms with E-state index in [0.29, 0.717) is 26.0 Å². The molecule has 1 saturated heterocycles. The Bertz CT molecular complexity index is 490. The van der Waals surface area contributed by atoms with Crippen LogP contribution in [-0.2, 0) is 9.53 Å². The Labute approximate surface area is 137 Å².